The maximum atomic E-state index is 9.29. The molecule has 0 saturated carbocycles. The molecule has 0 aliphatic rings. The molecule has 0 aliphatic heterocycles. The Morgan fingerprint density at radius 1 is 0.404 bits per heavy atom. The van der Waals surface area contributed by atoms with Crippen molar-refractivity contribution >= 4 is 12.2 Å². The van der Waals surface area contributed by atoms with Crippen molar-refractivity contribution in [2.45, 2.75) is 6.92 Å². The first kappa shape index (κ1) is 34.2. The van der Waals surface area contributed by atoms with E-state index >= 15 is 0 Å². The largest absolute Gasteiger partial charge is 0.508 e. The van der Waals surface area contributed by atoms with E-state index in [2.05, 4.69) is 29.9 Å². The molecule has 7 rings (SSSR count). The summed E-state index contributed by atoms with van der Waals surface area (Å²) in [4.78, 5) is 25.5. The summed E-state index contributed by atoms with van der Waals surface area (Å²) < 4.78 is 0. The Morgan fingerprint density at radius 2 is 0.809 bits per heavy atom. The standard InChI is InChI=1S/C19H16N2O.2C10H8N2.Ru/c1-14-8-10-20-18(12-14)19-13-16(9-11-21-19)3-2-15-4-6-17(22)7-5-15;2*1-3-7-11-9(5-1)10-6-2-4-8-12-10;/h2-13,22H,1H3;2*1-8H;/b3-2+;;;. The molecule has 0 spiro atoms. The van der Waals surface area contributed by atoms with Crippen LogP contribution in [0.4, 0.5) is 0 Å². The fraction of sp³-hybridized carbons (Fsp3) is 0.0256. The first-order valence-electron chi connectivity index (χ1n) is 14.6. The van der Waals surface area contributed by atoms with Gasteiger partial charge in [-0.1, -0.05) is 48.6 Å². The summed E-state index contributed by atoms with van der Waals surface area (Å²) in [6.45, 7) is 2.04. The molecule has 0 fully saturated rings. The SMILES string of the molecule is Cc1ccnc(-c2cc(/C=C/c3ccc(O)cc3)ccn2)c1.[Ru].c1ccc(-c2ccccn2)nc1.c1ccc(-c2ccccn2)nc1. The molecule has 7 aromatic rings. The van der Waals surface area contributed by atoms with E-state index in [-0.39, 0.29) is 25.2 Å². The average Bonchev–Trinajstić information content (AvgIpc) is 3.14. The maximum Gasteiger partial charge on any atom is 0.115 e. The number of nitrogens with zero attached hydrogens (tertiary/aromatic N) is 6. The Bertz CT molecular complexity index is 1790. The Labute approximate surface area is 287 Å². The van der Waals surface area contributed by atoms with Crippen molar-refractivity contribution in [2.24, 2.45) is 0 Å². The summed E-state index contributed by atoms with van der Waals surface area (Å²) in [7, 11) is 0. The Balaban J connectivity index is 0.000000170. The summed E-state index contributed by atoms with van der Waals surface area (Å²) in [5.41, 5.74) is 8.65. The van der Waals surface area contributed by atoms with Gasteiger partial charge in [-0.05, 0) is 109 Å². The molecule has 0 amide bonds. The second kappa shape index (κ2) is 18.3. The topological polar surface area (TPSA) is 97.6 Å². The van der Waals surface area contributed by atoms with E-state index in [0.717, 1.165) is 50.9 Å². The van der Waals surface area contributed by atoms with Crippen LogP contribution in [0.15, 0.2) is 159 Å². The first-order chi connectivity index (χ1) is 22.6. The normalized spacial score (nSPS) is 10.1. The molecule has 8 heteroatoms. The quantitative estimate of drug-likeness (QED) is 0.180. The zero-order valence-electron chi connectivity index (χ0n) is 25.6. The van der Waals surface area contributed by atoms with Gasteiger partial charge in [0.15, 0.2) is 0 Å². The molecule has 7 nitrogen and oxygen atoms in total. The summed E-state index contributed by atoms with van der Waals surface area (Å²) in [5.74, 6) is 0.272. The Hall–Kier alpha value is -5.72. The minimum atomic E-state index is 0. The van der Waals surface area contributed by atoms with Gasteiger partial charge in [0.2, 0.25) is 0 Å². The first-order valence-corrected chi connectivity index (χ1v) is 14.6. The van der Waals surface area contributed by atoms with Gasteiger partial charge in [0.25, 0.3) is 0 Å². The minimum absolute atomic E-state index is 0. The van der Waals surface area contributed by atoms with Gasteiger partial charge in [-0.25, -0.2) is 0 Å². The van der Waals surface area contributed by atoms with Crippen LogP contribution in [0.1, 0.15) is 16.7 Å². The molecule has 0 radical (unpaired) electrons. The van der Waals surface area contributed by atoms with Crippen molar-refractivity contribution in [3.63, 3.8) is 0 Å². The van der Waals surface area contributed by atoms with E-state index in [1.807, 2.05) is 128 Å². The van der Waals surface area contributed by atoms with Gasteiger partial charge >= 0.3 is 0 Å². The summed E-state index contributed by atoms with van der Waals surface area (Å²) in [6.07, 6.45) is 14.7. The fourth-order valence-electron chi connectivity index (χ4n) is 4.20. The van der Waals surface area contributed by atoms with Crippen LogP contribution in [0, 0.1) is 6.92 Å². The van der Waals surface area contributed by atoms with Crippen molar-refractivity contribution in [1.82, 2.24) is 29.9 Å². The molecular formula is C39H32N6ORu. The van der Waals surface area contributed by atoms with E-state index in [0.29, 0.717) is 0 Å². The number of phenols is 1. The molecule has 47 heavy (non-hydrogen) atoms. The number of benzene rings is 1. The van der Waals surface area contributed by atoms with Crippen molar-refractivity contribution in [3.05, 3.63) is 175 Å². The minimum Gasteiger partial charge on any atom is -0.508 e. The third kappa shape index (κ3) is 11.0. The molecule has 0 saturated heterocycles. The monoisotopic (exact) mass is 702 g/mol. The van der Waals surface area contributed by atoms with Gasteiger partial charge < -0.3 is 5.11 Å². The van der Waals surface area contributed by atoms with Crippen LogP contribution in [0.3, 0.4) is 0 Å². The van der Waals surface area contributed by atoms with E-state index in [4.69, 9.17) is 0 Å². The molecule has 1 aromatic carbocycles. The summed E-state index contributed by atoms with van der Waals surface area (Å²) in [5, 5.41) is 9.29. The van der Waals surface area contributed by atoms with Gasteiger partial charge in [0.05, 0.1) is 34.2 Å². The Kier molecular flexibility index (Phi) is 13.3. The third-order valence-electron chi connectivity index (χ3n) is 6.51. The number of phenolic OH excluding ortho intramolecular Hbond substituents is 1. The van der Waals surface area contributed by atoms with Crippen molar-refractivity contribution in [1.29, 1.82) is 0 Å². The molecule has 0 atom stereocenters. The van der Waals surface area contributed by atoms with E-state index in [1.54, 1.807) is 49.3 Å². The summed E-state index contributed by atoms with van der Waals surface area (Å²) in [6, 6.07) is 38.2. The Morgan fingerprint density at radius 3 is 1.23 bits per heavy atom. The second-order valence-electron chi connectivity index (χ2n) is 9.98. The van der Waals surface area contributed by atoms with Gasteiger partial charge in [-0.2, -0.15) is 0 Å². The molecule has 0 aliphatic carbocycles. The number of aromatic nitrogens is 6. The van der Waals surface area contributed by atoms with Crippen molar-refractivity contribution in [2.75, 3.05) is 0 Å². The van der Waals surface area contributed by atoms with Crippen LogP contribution in [0.5, 0.6) is 5.75 Å². The average molecular weight is 702 g/mol. The summed E-state index contributed by atoms with van der Waals surface area (Å²) >= 11 is 0. The predicted octanol–water partition coefficient (Wildman–Crippen LogP) is 8.61. The van der Waals surface area contributed by atoms with Gasteiger partial charge in [-0.3, -0.25) is 29.9 Å². The fourth-order valence-corrected chi connectivity index (χ4v) is 4.20. The molecule has 6 heterocycles. The van der Waals surface area contributed by atoms with E-state index in [1.165, 1.54) is 0 Å². The molecule has 0 unspecified atom stereocenters. The number of hydrogen-bond donors (Lipinski definition) is 1. The molecule has 232 valence electrons. The van der Waals surface area contributed by atoms with Crippen LogP contribution < -0.4 is 0 Å². The zero-order valence-corrected chi connectivity index (χ0v) is 27.4. The predicted molar refractivity (Wildman–Crippen MR) is 184 cm³/mol. The van der Waals surface area contributed by atoms with Crippen molar-refractivity contribution < 1.29 is 24.6 Å². The number of pyridine rings is 6. The number of hydrogen-bond acceptors (Lipinski definition) is 7. The molecule has 0 bridgehead atoms. The number of rotatable bonds is 5. The smallest absolute Gasteiger partial charge is 0.115 e. The second-order valence-corrected chi connectivity index (χ2v) is 9.98. The van der Waals surface area contributed by atoms with Crippen LogP contribution in [0.25, 0.3) is 46.3 Å². The van der Waals surface area contributed by atoms with Crippen LogP contribution >= 0.6 is 0 Å². The molecule has 1 N–H and O–H groups in total. The van der Waals surface area contributed by atoms with E-state index in [9.17, 15) is 5.11 Å². The zero-order chi connectivity index (χ0) is 31.8. The number of aryl methyl sites for hydroxylation is 1. The van der Waals surface area contributed by atoms with Crippen LogP contribution in [-0.2, 0) is 19.5 Å². The molecular weight excluding hydrogens is 670 g/mol. The number of aromatic hydroxyl groups is 1. The maximum absolute atomic E-state index is 9.29. The molecule has 6 aromatic heterocycles. The third-order valence-corrected chi connectivity index (χ3v) is 6.51. The van der Waals surface area contributed by atoms with Crippen LogP contribution in [-0.4, -0.2) is 35.0 Å². The van der Waals surface area contributed by atoms with E-state index < -0.39 is 0 Å². The van der Waals surface area contributed by atoms with Gasteiger partial charge in [0, 0.05) is 56.7 Å². The van der Waals surface area contributed by atoms with Gasteiger partial charge in [-0.15, -0.1) is 0 Å². The van der Waals surface area contributed by atoms with Crippen LogP contribution in [0.2, 0.25) is 0 Å². The van der Waals surface area contributed by atoms with Gasteiger partial charge in [0.1, 0.15) is 5.75 Å². The van der Waals surface area contributed by atoms with Crippen molar-refractivity contribution in [3.8, 4) is 39.9 Å².